The molecule has 4 aromatic heterocycles. The SMILES string of the molecule is Cc1cc(NCCN2CCOCC2)c2nc(-c3cccc(C)n3)c(-c3ccnc(N)n3)n2c1. The maximum absolute atomic E-state index is 5.92. The number of morpholine rings is 1. The largest absolute Gasteiger partial charge is 0.381 e. The van der Waals surface area contributed by atoms with Crippen molar-refractivity contribution in [1.29, 1.82) is 0 Å². The summed E-state index contributed by atoms with van der Waals surface area (Å²) < 4.78 is 7.53. The summed E-state index contributed by atoms with van der Waals surface area (Å²) in [7, 11) is 0. The van der Waals surface area contributed by atoms with E-state index >= 15 is 0 Å². The van der Waals surface area contributed by atoms with E-state index in [9.17, 15) is 0 Å². The summed E-state index contributed by atoms with van der Waals surface area (Å²) in [5, 5.41) is 3.60. The van der Waals surface area contributed by atoms with Gasteiger partial charge < -0.3 is 15.8 Å². The summed E-state index contributed by atoms with van der Waals surface area (Å²) in [6, 6.07) is 9.93. The van der Waals surface area contributed by atoms with Crippen LogP contribution in [0.5, 0.6) is 0 Å². The number of ether oxygens (including phenoxy) is 1. The third-order valence-corrected chi connectivity index (χ3v) is 5.75. The summed E-state index contributed by atoms with van der Waals surface area (Å²) in [5.74, 6) is 0.224. The minimum Gasteiger partial charge on any atom is -0.381 e. The highest BCUT2D eigenvalue weighted by molar-refractivity contribution is 5.83. The topological polar surface area (TPSA) is 106 Å². The standard InChI is InChI=1S/C24H28N8O/c1-16-14-20(26-8-9-31-10-12-33-13-11-31)23-30-21(18-5-3-4-17(2)28-18)22(32(23)15-16)19-6-7-27-24(25)29-19/h3-7,14-15,26H,8-13H2,1-2H3,(H2,25,27,29). The van der Waals surface area contributed by atoms with Crippen LogP contribution in [0.25, 0.3) is 28.4 Å². The minimum absolute atomic E-state index is 0.224. The van der Waals surface area contributed by atoms with Crippen molar-refractivity contribution in [3.63, 3.8) is 0 Å². The Morgan fingerprint density at radius 1 is 1.06 bits per heavy atom. The van der Waals surface area contributed by atoms with Crippen molar-refractivity contribution in [3.05, 3.63) is 54.0 Å². The molecule has 0 aliphatic carbocycles. The lowest BCUT2D eigenvalue weighted by Crippen LogP contribution is -2.39. The summed E-state index contributed by atoms with van der Waals surface area (Å²) in [6.45, 7) is 9.36. The van der Waals surface area contributed by atoms with Crippen LogP contribution in [0.4, 0.5) is 11.6 Å². The number of aromatic nitrogens is 5. The molecule has 3 N–H and O–H groups in total. The number of aryl methyl sites for hydroxylation is 2. The minimum atomic E-state index is 0.224. The number of rotatable bonds is 6. The summed E-state index contributed by atoms with van der Waals surface area (Å²) >= 11 is 0. The van der Waals surface area contributed by atoms with E-state index in [0.717, 1.165) is 79.1 Å². The van der Waals surface area contributed by atoms with E-state index in [4.69, 9.17) is 20.4 Å². The molecule has 5 rings (SSSR count). The molecule has 0 bridgehead atoms. The quantitative estimate of drug-likeness (QED) is 0.468. The Bertz CT molecular complexity index is 1280. The number of nitrogens with zero attached hydrogens (tertiary/aromatic N) is 6. The molecule has 0 unspecified atom stereocenters. The zero-order valence-corrected chi connectivity index (χ0v) is 19.0. The Morgan fingerprint density at radius 3 is 2.70 bits per heavy atom. The predicted octanol–water partition coefficient (Wildman–Crippen LogP) is 2.80. The fourth-order valence-electron chi connectivity index (χ4n) is 4.19. The van der Waals surface area contributed by atoms with Crippen molar-refractivity contribution in [3.8, 4) is 22.8 Å². The Morgan fingerprint density at radius 2 is 1.91 bits per heavy atom. The molecule has 1 aliphatic heterocycles. The second-order valence-corrected chi connectivity index (χ2v) is 8.28. The molecular formula is C24H28N8O. The van der Waals surface area contributed by atoms with E-state index in [1.54, 1.807) is 6.20 Å². The lowest BCUT2D eigenvalue weighted by molar-refractivity contribution is 0.0398. The smallest absolute Gasteiger partial charge is 0.220 e. The van der Waals surface area contributed by atoms with Gasteiger partial charge in [0.2, 0.25) is 5.95 Å². The number of fused-ring (bicyclic) bond motifs is 1. The average molecular weight is 445 g/mol. The van der Waals surface area contributed by atoms with Gasteiger partial charge in [0.05, 0.1) is 30.3 Å². The van der Waals surface area contributed by atoms with E-state index in [2.05, 4.69) is 43.8 Å². The monoisotopic (exact) mass is 444 g/mol. The zero-order valence-electron chi connectivity index (χ0n) is 19.0. The molecule has 1 aliphatic rings. The molecule has 33 heavy (non-hydrogen) atoms. The second kappa shape index (κ2) is 9.13. The van der Waals surface area contributed by atoms with Gasteiger partial charge in [0.15, 0.2) is 5.65 Å². The Balaban J connectivity index is 1.59. The van der Waals surface area contributed by atoms with Crippen molar-refractivity contribution in [2.24, 2.45) is 0 Å². The molecule has 0 saturated carbocycles. The van der Waals surface area contributed by atoms with Gasteiger partial charge in [-0.05, 0) is 43.7 Å². The number of pyridine rings is 2. The highest BCUT2D eigenvalue weighted by atomic mass is 16.5. The molecule has 9 nitrogen and oxygen atoms in total. The molecule has 1 fully saturated rings. The molecule has 170 valence electrons. The first-order valence-corrected chi connectivity index (χ1v) is 11.2. The van der Waals surface area contributed by atoms with E-state index in [1.165, 1.54) is 0 Å². The Labute approximate surface area is 192 Å². The maximum Gasteiger partial charge on any atom is 0.220 e. The van der Waals surface area contributed by atoms with Crippen LogP contribution < -0.4 is 11.1 Å². The lowest BCUT2D eigenvalue weighted by atomic mass is 10.1. The van der Waals surface area contributed by atoms with Crippen LogP contribution in [0.3, 0.4) is 0 Å². The van der Waals surface area contributed by atoms with Crippen LogP contribution in [0.1, 0.15) is 11.3 Å². The number of hydrogen-bond acceptors (Lipinski definition) is 8. The van der Waals surface area contributed by atoms with Crippen LogP contribution in [0, 0.1) is 13.8 Å². The lowest BCUT2D eigenvalue weighted by Gasteiger charge is -2.26. The van der Waals surface area contributed by atoms with Crippen LogP contribution in [0.2, 0.25) is 0 Å². The van der Waals surface area contributed by atoms with Crippen LogP contribution >= 0.6 is 0 Å². The predicted molar refractivity (Wildman–Crippen MR) is 129 cm³/mol. The number of imidazole rings is 1. The number of nitrogens with one attached hydrogen (secondary N) is 1. The first-order valence-electron chi connectivity index (χ1n) is 11.2. The first-order chi connectivity index (χ1) is 16.1. The van der Waals surface area contributed by atoms with Gasteiger partial charge in [0.1, 0.15) is 11.4 Å². The molecule has 0 atom stereocenters. The Hall–Kier alpha value is -3.56. The van der Waals surface area contributed by atoms with Crippen molar-refractivity contribution in [2.45, 2.75) is 13.8 Å². The van der Waals surface area contributed by atoms with E-state index in [0.29, 0.717) is 5.69 Å². The highest BCUT2D eigenvalue weighted by Gasteiger charge is 2.21. The van der Waals surface area contributed by atoms with Crippen LogP contribution in [0.15, 0.2) is 42.7 Å². The number of hydrogen-bond donors (Lipinski definition) is 2. The summed E-state index contributed by atoms with van der Waals surface area (Å²) in [5.41, 5.74) is 12.9. The zero-order chi connectivity index (χ0) is 22.8. The van der Waals surface area contributed by atoms with Crippen molar-refractivity contribution in [1.82, 2.24) is 29.2 Å². The molecule has 4 aromatic rings. The van der Waals surface area contributed by atoms with Crippen LogP contribution in [-0.4, -0.2) is 68.6 Å². The molecule has 0 spiro atoms. The van der Waals surface area contributed by atoms with Crippen molar-refractivity contribution < 1.29 is 4.74 Å². The number of nitrogen functional groups attached to an aromatic ring is 1. The number of anilines is 2. The van der Waals surface area contributed by atoms with Gasteiger partial charge in [-0.1, -0.05) is 6.07 Å². The van der Waals surface area contributed by atoms with Crippen molar-refractivity contribution in [2.75, 3.05) is 50.4 Å². The average Bonchev–Trinajstić information content (AvgIpc) is 3.19. The fourth-order valence-corrected chi connectivity index (χ4v) is 4.19. The fraction of sp³-hybridized carbons (Fsp3) is 0.333. The van der Waals surface area contributed by atoms with E-state index in [-0.39, 0.29) is 5.95 Å². The first kappa shape index (κ1) is 21.3. The van der Waals surface area contributed by atoms with E-state index in [1.807, 2.05) is 31.2 Å². The molecule has 1 saturated heterocycles. The maximum atomic E-state index is 5.92. The van der Waals surface area contributed by atoms with Crippen LogP contribution in [-0.2, 0) is 4.74 Å². The van der Waals surface area contributed by atoms with Gasteiger partial charge in [0, 0.05) is 44.3 Å². The van der Waals surface area contributed by atoms with E-state index < -0.39 is 0 Å². The number of nitrogens with two attached hydrogens (primary N) is 1. The Kier molecular flexibility index (Phi) is 5.89. The molecule has 9 heteroatoms. The van der Waals surface area contributed by atoms with Gasteiger partial charge in [0.25, 0.3) is 0 Å². The van der Waals surface area contributed by atoms with Crippen molar-refractivity contribution >= 4 is 17.3 Å². The molecule has 0 amide bonds. The highest BCUT2D eigenvalue weighted by Crippen LogP contribution is 2.34. The van der Waals surface area contributed by atoms with Gasteiger partial charge in [-0.2, -0.15) is 0 Å². The molecular weight excluding hydrogens is 416 g/mol. The van der Waals surface area contributed by atoms with Gasteiger partial charge >= 0.3 is 0 Å². The normalized spacial score (nSPS) is 14.6. The summed E-state index contributed by atoms with van der Waals surface area (Å²) in [6.07, 6.45) is 3.74. The van der Waals surface area contributed by atoms with Gasteiger partial charge in [-0.3, -0.25) is 14.3 Å². The van der Waals surface area contributed by atoms with Gasteiger partial charge in [-0.15, -0.1) is 0 Å². The molecule has 5 heterocycles. The summed E-state index contributed by atoms with van der Waals surface area (Å²) in [4.78, 5) is 20.7. The molecule has 0 aromatic carbocycles. The van der Waals surface area contributed by atoms with Gasteiger partial charge in [-0.25, -0.2) is 15.0 Å². The third-order valence-electron chi connectivity index (χ3n) is 5.75. The molecule has 0 radical (unpaired) electrons. The second-order valence-electron chi connectivity index (χ2n) is 8.28. The third kappa shape index (κ3) is 4.50.